The largest absolute Gasteiger partial charge is 0.478 e. The topological polar surface area (TPSA) is 66.3 Å². The zero-order chi connectivity index (χ0) is 18.8. The van der Waals surface area contributed by atoms with Gasteiger partial charge in [-0.3, -0.25) is 0 Å². The lowest BCUT2D eigenvalue weighted by Gasteiger charge is -2.35. The molecule has 1 atom stereocenters. The maximum atomic E-state index is 13.7. The lowest BCUT2D eigenvalue weighted by molar-refractivity contribution is 0.0697. The molecule has 0 aliphatic carbocycles. The summed E-state index contributed by atoms with van der Waals surface area (Å²) in [5.74, 6) is -0.735. The molecule has 138 valence electrons. The molecule has 1 aromatic heterocycles. The number of likely N-dealkylation sites (tertiary alicyclic amines) is 1. The fourth-order valence-electron chi connectivity index (χ4n) is 3.57. The fourth-order valence-corrected chi connectivity index (χ4v) is 3.57. The van der Waals surface area contributed by atoms with E-state index in [1.807, 2.05) is 6.07 Å². The SMILES string of the molecule is Cc1nc(-c2cc(F)ccc2C(=O)O)cc(C2CCCN(C(C)C)C2)n1. The van der Waals surface area contributed by atoms with Crippen molar-refractivity contribution < 1.29 is 14.3 Å². The second-order valence-electron chi connectivity index (χ2n) is 7.15. The Morgan fingerprint density at radius 1 is 1.31 bits per heavy atom. The third-order valence-corrected chi connectivity index (χ3v) is 4.95. The van der Waals surface area contributed by atoms with Crippen LogP contribution in [-0.2, 0) is 0 Å². The summed E-state index contributed by atoms with van der Waals surface area (Å²) < 4.78 is 13.7. The van der Waals surface area contributed by atoms with Gasteiger partial charge in [0.1, 0.15) is 11.6 Å². The van der Waals surface area contributed by atoms with Crippen LogP contribution in [-0.4, -0.2) is 45.1 Å². The van der Waals surface area contributed by atoms with Crippen molar-refractivity contribution in [3.8, 4) is 11.3 Å². The van der Waals surface area contributed by atoms with Gasteiger partial charge in [0.2, 0.25) is 0 Å². The van der Waals surface area contributed by atoms with Gasteiger partial charge in [0, 0.05) is 29.8 Å². The molecule has 1 N–H and O–H groups in total. The number of aromatic nitrogens is 2. The summed E-state index contributed by atoms with van der Waals surface area (Å²) in [5.41, 5.74) is 1.70. The first-order chi connectivity index (χ1) is 12.3. The van der Waals surface area contributed by atoms with Gasteiger partial charge in [0.05, 0.1) is 11.3 Å². The van der Waals surface area contributed by atoms with Crippen molar-refractivity contribution in [2.45, 2.75) is 45.6 Å². The van der Waals surface area contributed by atoms with E-state index in [1.54, 1.807) is 6.92 Å². The maximum absolute atomic E-state index is 13.7. The lowest BCUT2D eigenvalue weighted by Crippen LogP contribution is -2.39. The highest BCUT2D eigenvalue weighted by molar-refractivity contribution is 5.95. The molecule has 1 unspecified atom stereocenters. The number of nitrogens with zero attached hydrogens (tertiary/aromatic N) is 3. The average molecular weight is 357 g/mol. The zero-order valence-corrected chi connectivity index (χ0v) is 15.4. The highest BCUT2D eigenvalue weighted by atomic mass is 19.1. The van der Waals surface area contributed by atoms with Gasteiger partial charge >= 0.3 is 5.97 Å². The molecule has 0 radical (unpaired) electrons. The number of halogens is 1. The summed E-state index contributed by atoms with van der Waals surface area (Å²) in [4.78, 5) is 22.9. The van der Waals surface area contributed by atoms with Crippen molar-refractivity contribution in [1.82, 2.24) is 14.9 Å². The van der Waals surface area contributed by atoms with Crippen molar-refractivity contribution in [1.29, 1.82) is 0 Å². The molecule has 1 aliphatic rings. The van der Waals surface area contributed by atoms with Crippen LogP contribution in [0.5, 0.6) is 0 Å². The second kappa shape index (κ2) is 7.50. The summed E-state index contributed by atoms with van der Waals surface area (Å²) in [6.45, 7) is 8.16. The molecule has 2 aromatic rings. The molecule has 0 bridgehead atoms. The molecule has 0 saturated carbocycles. The summed E-state index contributed by atoms with van der Waals surface area (Å²) in [7, 11) is 0. The number of hydrogen-bond acceptors (Lipinski definition) is 4. The molecule has 1 aliphatic heterocycles. The van der Waals surface area contributed by atoms with E-state index in [0.29, 0.717) is 23.1 Å². The molecule has 0 amide bonds. The number of carboxylic acids is 1. The number of hydrogen-bond donors (Lipinski definition) is 1. The van der Waals surface area contributed by atoms with Gasteiger partial charge in [-0.25, -0.2) is 19.2 Å². The first-order valence-corrected chi connectivity index (χ1v) is 8.98. The van der Waals surface area contributed by atoms with Crippen LogP contribution in [0.1, 0.15) is 54.5 Å². The molecule has 0 spiro atoms. The quantitative estimate of drug-likeness (QED) is 0.899. The van der Waals surface area contributed by atoms with Gasteiger partial charge in [-0.1, -0.05) is 0 Å². The van der Waals surface area contributed by atoms with Crippen molar-refractivity contribution in [2.24, 2.45) is 0 Å². The first kappa shape index (κ1) is 18.5. The molecule has 6 heteroatoms. The number of carbonyl (C=O) groups is 1. The Morgan fingerprint density at radius 3 is 2.77 bits per heavy atom. The Bertz CT molecular complexity index is 823. The predicted molar refractivity (Wildman–Crippen MR) is 97.8 cm³/mol. The lowest BCUT2D eigenvalue weighted by atomic mass is 9.92. The number of benzene rings is 1. The Morgan fingerprint density at radius 2 is 2.08 bits per heavy atom. The van der Waals surface area contributed by atoms with E-state index < -0.39 is 11.8 Å². The monoisotopic (exact) mass is 357 g/mol. The van der Waals surface area contributed by atoms with Crippen LogP contribution in [0.15, 0.2) is 24.3 Å². The second-order valence-corrected chi connectivity index (χ2v) is 7.15. The van der Waals surface area contributed by atoms with E-state index in [9.17, 15) is 14.3 Å². The molecule has 26 heavy (non-hydrogen) atoms. The highest BCUT2D eigenvalue weighted by Gasteiger charge is 2.25. The van der Waals surface area contributed by atoms with Crippen molar-refractivity contribution in [3.63, 3.8) is 0 Å². The normalized spacial score (nSPS) is 18.3. The molecular weight excluding hydrogens is 333 g/mol. The van der Waals surface area contributed by atoms with Gasteiger partial charge in [-0.05, 0) is 64.4 Å². The van der Waals surface area contributed by atoms with Crippen LogP contribution in [0.4, 0.5) is 4.39 Å². The van der Waals surface area contributed by atoms with E-state index in [2.05, 4.69) is 28.7 Å². The van der Waals surface area contributed by atoms with E-state index in [4.69, 9.17) is 0 Å². The van der Waals surface area contributed by atoms with E-state index in [1.165, 1.54) is 12.1 Å². The first-order valence-electron chi connectivity index (χ1n) is 8.98. The minimum atomic E-state index is -1.10. The molecule has 1 fully saturated rings. The Labute approximate surface area is 152 Å². The van der Waals surface area contributed by atoms with Gasteiger partial charge in [-0.15, -0.1) is 0 Å². The molecule has 3 rings (SSSR count). The zero-order valence-electron chi connectivity index (χ0n) is 15.4. The number of carboxylic acid groups (broad SMARTS) is 1. The minimum Gasteiger partial charge on any atom is -0.478 e. The van der Waals surface area contributed by atoms with Gasteiger partial charge in [-0.2, -0.15) is 0 Å². The van der Waals surface area contributed by atoms with Crippen LogP contribution in [0.2, 0.25) is 0 Å². The van der Waals surface area contributed by atoms with Crippen molar-refractivity contribution in [2.75, 3.05) is 13.1 Å². The van der Waals surface area contributed by atoms with Gasteiger partial charge < -0.3 is 10.0 Å². The number of aromatic carboxylic acids is 1. The van der Waals surface area contributed by atoms with Crippen molar-refractivity contribution in [3.05, 3.63) is 47.2 Å². The molecule has 2 heterocycles. The highest BCUT2D eigenvalue weighted by Crippen LogP contribution is 2.30. The molecule has 1 aromatic carbocycles. The van der Waals surface area contributed by atoms with Crippen LogP contribution in [0.25, 0.3) is 11.3 Å². The Balaban J connectivity index is 2.01. The van der Waals surface area contributed by atoms with Crippen LogP contribution < -0.4 is 0 Å². The smallest absolute Gasteiger partial charge is 0.336 e. The summed E-state index contributed by atoms with van der Waals surface area (Å²) in [5, 5.41) is 9.43. The molecular formula is C20H24FN3O2. The summed E-state index contributed by atoms with van der Waals surface area (Å²) >= 11 is 0. The minimum absolute atomic E-state index is 0.0444. The standard InChI is InChI=1S/C20H24FN3O2/c1-12(2)24-8-4-5-14(11-24)18-10-19(23-13(3)22-18)17-9-15(21)6-7-16(17)20(25)26/h6-7,9-10,12,14H,4-5,8,11H2,1-3H3,(H,25,26). The Hall–Kier alpha value is -2.34. The van der Waals surface area contributed by atoms with Gasteiger partial charge in [0.25, 0.3) is 0 Å². The third-order valence-electron chi connectivity index (χ3n) is 4.95. The molecule has 5 nitrogen and oxygen atoms in total. The number of aryl methyl sites for hydroxylation is 1. The summed E-state index contributed by atoms with van der Waals surface area (Å²) in [6, 6.07) is 5.97. The van der Waals surface area contributed by atoms with E-state index >= 15 is 0 Å². The van der Waals surface area contributed by atoms with Crippen molar-refractivity contribution >= 4 is 5.97 Å². The number of rotatable bonds is 4. The fraction of sp³-hybridized carbons (Fsp3) is 0.450. The third kappa shape index (κ3) is 3.90. The molecule has 1 saturated heterocycles. The van der Waals surface area contributed by atoms with E-state index in [0.717, 1.165) is 37.7 Å². The summed E-state index contributed by atoms with van der Waals surface area (Å²) in [6.07, 6.45) is 2.13. The maximum Gasteiger partial charge on any atom is 0.336 e. The average Bonchev–Trinajstić information content (AvgIpc) is 2.61. The van der Waals surface area contributed by atoms with Crippen LogP contribution in [0, 0.1) is 12.7 Å². The van der Waals surface area contributed by atoms with Gasteiger partial charge in [0.15, 0.2) is 0 Å². The Kier molecular flexibility index (Phi) is 5.32. The predicted octanol–water partition coefficient (Wildman–Crippen LogP) is 3.88. The van der Waals surface area contributed by atoms with Crippen LogP contribution >= 0.6 is 0 Å². The van der Waals surface area contributed by atoms with E-state index in [-0.39, 0.29) is 11.5 Å². The number of piperidine rings is 1. The van der Waals surface area contributed by atoms with Crippen LogP contribution in [0.3, 0.4) is 0 Å².